The van der Waals surface area contributed by atoms with Gasteiger partial charge in [-0.3, -0.25) is 0 Å². The van der Waals surface area contributed by atoms with Gasteiger partial charge in [0.1, 0.15) is 0 Å². The molecule has 2 rings (SSSR count). The molecule has 3 heteroatoms. The van der Waals surface area contributed by atoms with Crippen molar-refractivity contribution >= 4 is 33.5 Å². The maximum absolute atomic E-state index is 5.70. The topological polar surface area (TPSA) is 41.8 Å². The highest BCUT2D eigenvalue weighted by Gasteiger charge is 2.12. The highest BCUT2D eigenvalue weighted by Crippen LogP contribution is 2.30. The van der Waals surface area contributed by atoms with E-state index in [1.807, 2.05) is 0 Å². The van der Waals surface area contributed by atoms with Crippen molar-refractivity contribution in [2.75, 3.05) is 6.54 Å². The fourth-order valence-electron chi connectivity index (χ4n) is 2.26. The molecule has 0 unspecified atom stereocenters. The summed E-state index contributed by atoms with van der Waals surface area (Å²) < 4.78 is 1.30. The van der Waals surface area contributed by atoms with E-state index in [2.05, 4.69) is 60.5 Å². The Hall–Kier alpha value is -0.550. The summed E-state index contributed by atoms with van der Waals surface area (Å²) in [4.78, 5) is 3.48. The van der Waals surface area contributed by atoms with Gasteiger partial charge in [-0.05, 0) is 71.7 Å². The molecule has 0 amide bonds. The monoisotopic (exact) mass is 342 g/mol. The average Bonchev–Trinajstić information content (AvgIpc) is 2.57. The fourth-order valence-corrected chi connectivity index (χ4v) is 3.04. The van der Waals surface area contributed by atoms with E-state index in [4.69, 9.17) is 5.73 Å². The van der Waals surface area contributed by atoms with Crippen LogP contribution >= 0.6 is 22.6 Å². The smallest absolute Gasteiger partial charge is 0.0594 e. The molecule has 0 saturated carbocycles. The standard InChI is InChI=1S/C14H19IN2/c1-8(2)10-6-12-11(4-5-16)9(3)17-14(12)13(15)7-10/h6-8,17H,4-5,16H2,1-3H3. The van der Waals surface area contributed by atoms with Crippen LogP contribution in [0.3, 0.4) is 0 Å². The molecule has 3 N–H and O–H groups in total. The fraction of sp³-hybridized carbons (Fsp3) is 0.429. The van der Waals surface area contributed by atoms with Crippen LogP contribution in [-0.2, 0) is 6.42 Å². The third-order valence-corrected chi connectivity index (χ3v) is 4.11. The SMILES string of the molecule is Cc1[nH]c2c(I)cc(C(C)C)cc2c1CCN. The molecule has 2 nitrogen and oxygen atoms in total. The molecule has 92 valence electrons. The van der Waals surface area contributed by atoms with Gasteiger partial charge in [0.05, 0.1) is 5.52 Å². The lowest BCUT2D eigenvalue weighted by molar-refractivity contribution is 0.867. The molecule has 0 bridgehead atoms. The van der Waals surface area contributed by atoms with Crippen LogP contribution in [-0.4, -0.2) is 11.5 Å². The van der Waals surface area contributed by atoms with Crippen LogP contribution in [0.1, 0.15) is 36.6 Å². The maximum atomic E-state index is 5.70. The Balaban J connectivity index is 2.70. The summed E-state index contributed by atoms with van der Waals surface area (Å²) in [5, 5.41) is 1.35. The second kappa shape index (κ2) is 4.98. The first-order chi connectivity index (χ1) is 8.04. The Morgan fingerprint density at radius 1 is 1.35 bits per heavy atom. The van der Waals surface area contributed by atoms with Crippen molar-refractivity contribution < 1.29 is 0 Å². The number of halogens is 1. The van der Waals surface area contributed by atoms with Gasteiger partial charge in [0.2, 0.25) is 0 Å². The number of aryl methyl sites for hydroxylation is 1. The van der Waals surface area contributed by atoms with Crippen molar-refractivity contribution in [2.45, 2.75) is 33.1 Å². The number of fused-ring (bicyclic) bond motifs is 1. The van der Waals surface area contributed by atoms with Crippen molar-refractivity contribution in [1.82, 2.24) is 4.98 Å². The van der Waals surface area contributed by atoms with Crippen LogP contribution < -0.4 is 5.73 Å². The van der Waals surface area contributed by atoms with E-state index in [0.29, 0.717) is 12.5 Å². The van der Waals surface area contributed by atoms with Gasteiger partial charge in [0.15, 0.2) is 0 Å². The van der Waals surface area contributed by atoms with Crippen LogP contribution in [0, 0.1) is 10.5 Å². The lowest BCUT2D eigenvalue weighted by Crippen LogP contribution is -2.03. The predicted molar refractivity (Wildman–Crippen MR) is 82.6 cm³/mol. The van der Waals surface area contributed by atoms with Crippen molar-refractivity contribution in [3.63, 3.8) is 0 Å². The van der Waals surface area contributed by atoms with Gasteiger partial charge in [0.25, 0.3) is 0 Å². The summed E-state index contributed by atoms with van der Waals surface area (Å²) in [5.41, 5.74) is 11.0. The van der Waals surface area contributed by atoms with Crippen LogP contribution in [0.5, 0.6) is 0 Å². The molecular weight excluding hydrogens is 323 g/mol. The number of aromatic nitrogens is 1. The zero-order valence-electron chi connectivity index (χ0n) is 10.6. The molecule has 0 fully saturated rings. The molecule has 0 atom stereocenters. The lowest BCUT2D eigenvalue weighted by Gasteiger charge is -2.08. The molecule has 1 aromatic carbocycles. The third-order valence-electron chi connectivity index (χ3n) is 3.26. The molecule has 0 spiro atoms. The summed E-state index contributed by atoms with van der Waals surface area (Å²) in [6, 6.07) is 4.59. The van der Waals surface area contributed by atoms with E-state index in [0.717, 1.165) is 6.42 Å². The van der Waals surface area contributed by atoms with Gasteiger partial charge >= 0.3 is 0 Å². The molecular formula is C14H19IN2. The van der Waals surface area contributed by atoms with Crippen LogP contribution in [0.15, 0.2) is 12.1 Å². The third kappa shape index (κ3) is 2.36. The van der Waals surface area contributed by atoms with Crippen molar-refractivity contribution in [1.29, 1.82) is 0 Å². The van der Waals surface area contributed by atoms with E-state index >= 15 is 0 Å². The normalized spacial score (nSPS) is 11.6. The molecule has 0 aliphatic carbocycles. The van der Waals surface area contributed by atoms with Crippen molar-refractivity contribution in [3.05, 3.63) is 32.5 Å². The second-order valence-electron chi connectivity index (χ2n) is 4.85. The van der Waals surface area contributed by atoms with E-state index in [1.54, 1.807) is 0 Å². The van der Waals surface area contributed by atoms with Crippen LogP contribution in [0.2, 0.25) is 0 Å². The van der Waals surface area contributed by atoms with Crippen LogP contribution in [0.25, 0.3) is 10.9 Å². The number of nitrogens with two attached hydrogens (primary N) is 1. The summed E-state index contributed by atoms with van der Waals surface area (Å²) in [7, 11) is 0. The largest absolute Gasteiger partial charge is 0.358 e. The average molecular weight is 342 g/mol. The molecule has 2 aromatic rings. The first kappa shape index (κ1) is 12.9. The van der Waals surface area contributed by atoms with E-state index in [-0.39, 0.29) is 0 Å². The summed E-state index contributed by atoms with van der Waals surface area (Å²) in [6.45, 7) is 7.31. The van der Waals surface area contributed by atoms with E-state index in [1.165, 1.54) is 31.3 Å². The number of benzene rings is 1. The Kier molecular flexibility index (Phi) is 3.78. The van der Waals surface area contributed by atoms with E-state index < -0.39 is 0 Å². The molecule has 0 aliphatic heterocycles. The predicted octanol–water partition coefficient (Wildman–Crippen LogP) is 3.71. The zero-order chi connectivity index (χ0) is 12.6. The highest BCUT2D eigenvalue weighted by atomic mass is 127. The van der Waals surface area contributed by atoms with Crippen molar-refractivity contribution in [2.24, 2.45) is 5.73 Å². The lowest BCUT2D eigenvalue weighted by atomic mass is 9.99. The minimum absolute atomic E-state index is 0.564. The Bertz CT molecular complexity index is 541. The number of rotatable bonds is 3. The number of H-pyrrole nitrogens is 1. The molecule has 1 aromatic heterocycles. The second-order valence-corrected chi connectivity index (χ2v) is 6.01. The summed E-state index contributed by atoms with van der Waals surface area (Å²) >= 11 is 2.41. The Morgan fingerprint density at radius 2 is 2.06 bits per heavy atom. The van der Waals surface area contributed by atoms with Crippen molar-refractivity contribution in [3.8, 4) is 0 Å². The van der Waals surface area contributed by atoms with Gasteiger partial charge in [-0.1, -0.05) is 13.8 Å². The minimum Gasteiger partial charge on any atom is -0.358 e. The van der Waals surface area contributed by atoms with E-state index in [9.17, 15) is 0 Å². The number of aromatic amines is 1. The van der Waals surface area contributed by atoms with Gasteiger partial charge in [-0.25, -0.2) is 0 Å². The number of hydrogen-bond acceptors (Lipinski definition) is 1. The Labute approximate surface area is 116 Å². The minimum atomic E-state index is 0.564. The van der Waals surface area contributed by atoms with Gasteiger partial charge in [-0.2, -0.15) is 0 Å². The first-order valence-electron chi connectivity index (χ1n) is 6.05. The number of nitrogens with one attached hydrogen (secondary N) is 1. The molecule has 1 heterocycles. The van der Waals surface area contributed by atoms with Crippen LogP contribution in [0.4, 0.5) is 0 Å². The van der Waals surface area contributed by atoms with Gasteiger partial charge in [0, 0.05) is 14.7 Å². The summed E-state index contributed by atoms with van der Waals surface area (Å²) in [5.74, 6) is 0.564. The highest BCUT2D eigenvalue weighted by molar-refractivity contribution is 14.1. The quantitative estimate of drug-likeness (QED) is 0.821. The van der Waals surface area contributed by atoms with Gasteiger partial charge in [-0.15, -0.1) is 0 Å². The maximum Gasteiger partial charge on any atom is 0.0594 e. The molecule has 0 radical (unpaired) electrons. The molecule has 17 heavy (non-hydrogen) atoms. The Morgan fingerprint density at radius 3 is 2.65 bits per heavy atom. The number of hydrogen-bond donors (Lipinski definition) is 2. The van der Waals surface area contributed by atoms with Gasteiger partial charge < -0.3 is 10.7 Å². The molecule has 0 saturated heterocycles. The first-order valence-corrected chi connectivity index (χ1v) is 7.13. The zero-order valence-corrected chi connectivity index (χ0v) is 12.8. The summed E-state index contributed by atoms with van der Waals surface area (Å²) in [6.07, 6.45) is 0.948. The molecule has 0 aliphatic rings.